The van der Waals surface area contributed by atoms with Crippen molar-refractivity contribution in [2.24, 2.45) is 0 Å². The topological polar surface area (TPSA) is 70.3 Å². The Morgan fingerprint density at radius 2 is 2.25 bits per heavy atom. The summed E-state index contributed by atoms with van der Waals surface area (Å²) < 4.78 is 5.03. The van der Waals surface area contributed by atoms with E-state index in [0.717, 1.165) is 0 Å². The third-order valence-electron chi connectivity index (χ3n) is 2.35. The van der Waals surface area contributed by atoms with Crippen molar-refractivity contribution in [2.75, 3.05) is 7.11 Å². The molecule has 0 aliphatic heterocycles. The van der Waals surface area contributed by atoms with Crippen molar-refractivity contribution >= 4 is 17.6 Å². The van der Waals surface area contributed by atoms with Crippen LogP contribution in [-0.2, 0) is 10.2 Å². The van der Waals surface area contributed by atoms with Crippen molar-refractivity contribution in [3.05, 3.63) is 28.8 Å². The quantitative estimate of drug-likeness (QED) is 0.878. The molecule has 1 unspecified atom stereocenters. The molecule has 1 rings (SSSR count). The molecule has 0 radical (unpaired) electrons. The van der Waals surface area contributed by atoms with Crippen molar-refractivity contribution in [2.45, 2.75) is 12.3 Å². The van der Waals surface area contributed by atoms with E-state index >= 15 is 0 Å². The van der Waals surface area contributed by atoms with Crippen LogP contribution in [0.3, 0.4) is 0 Å². The summed E-state index contributed by atoms with van der Waals surface area (Å²) in [4.78, 5) is 11.1. The maximum atomic E-state index is 11.1. The number of carbonyl (C=O) groups is 1. The Kier molecular flexibility index (Phi) is 3.41. The molecule has 4 nitrogen and oxygen atoms in total. The molecule has 0 fully saturated rings. The van der Waals surface area contributed by atoms with E-state index in [1.165, 1.54) is 26.2 Å². The molecular weight excluding hydrogens is 230 g/mol. The number of halogens is 1. The Labute approximate surface area is 98.0 Å². The first-order chi connectivity index (χ1) is 7.45. The second kappa shape index (κ2) is 4.42. The van der Waals surface area contributed by atoms with Gasteiger partial charge in [-0.3, -0.25) is 4.79 Å². The molecule has 0 heterocycles. The fourth-order valence-electron chi connectivity index (χ4n) is 1.29. The van der Waals surface area contributed by atoms with Crippen LogP contribution in [0, 0.1) is 11.3 Å². The second-order valence-electron chi connectivity index (χ2n) is 3.39. The number of carboxylic acids is 1. The third kappa shape index (κ3) is 1.95. The molecule has 1 N–H and O–H groups in total. The van der Waals surface area contributed by atoms with Crippen LogP contribution in [0.5, 0.6) is 5.75 Å². The monoisotopic (exact) mass is 239 g/mol. The van der Waals surface area contributed by atoms with Gasteiger partial charge in [0, 0.05) is 10.6 Å². The van der Waals surface area contributed by atoms with Gasteiger partial charge in [0.2, 0.25) is 0 Å². The van der Waals surface area contributed by atoms with Gasteiger partial charge in [-0.15, -0.1) is 0 Å². The highest BCUT2D eigenvalue weighted by Crippen LogP contribution is 2.33. The van der Waals surface area contributed by atoms with Crippen LogP contribution in [0.25, 0.3) is 0 Å². The summed E-state index contributed by atoms with van der Waals surface area (Å²) >= 11 is 5.78. The maximum Gasteiger partial charge on any atom is 0.328 e. The number of hydrogen-bond acceptors (Lipinski definition) is 3. The van der Waals surface area contributed by atoms with Gasteiger partial charge in [-0.25, -0.2) is 0 Å². The van der Waals surface area contributed by atoms with Crippen molar-refractivity contribution in [1.29, 1.82) is 5.26 Å². The first-order valence-corrected chi connectivity index (χ1v) is 4.82. The van der Waals surface area contributed by atoms with Gasteiger partial charge >= 0.3 is 5.97 Å². The molecular formula is C11H10ClNO3. The van der Waals surface area contributed by atoms with Gasteiger partial charge in [-0.05, 0) is 25.1 Å². The fourth-order valence-corrected chi connectivity index (χ4v) is 1.47. The summed E-state index contributed by atoms with van der Waals surface area (Å²) in [5.74, 6) is -0.911. The second-order valence-corrected chi connectivity index (χ2v) is 3.82. The standard InChI is InChI=1S/C11H10ClNO3/c1-11(6-13,10(14)15)8-5-7(12)3-4-9(8)16-2/h3-5H,1-2H3,(H,14,15). The Hall–Kier alpha value is -1.73. The summed E-state index contributed by atoms with van der Waals surface area (Å²) in [6.45, 7) is 1.31. The average Bonchev–Trinajstić information content (AvgIpc) is 2.27. The Morgan fingerprint density at radius 1 is 1.62 bits per heavy atom. The minimum absolute atomic E-state index is 0.248. The highest BCUT2D eigenvalue weighted by Gasteiger charge is 2.38. The van der Waals surface area contributed by atoms with Crippen LogP contribution >= 0.6 is 11.6 Å². The molecule has 5 heteroatoms. The number of ether oxygens (including phenoxy) is 1. The third-order valence-corrected chi connectivity index (χ3v) is 2.59. The lowest BCUT2D eigenvalue weighted by molar-refractivity contribution is -0.141. The van der Waals surface area contributed by atoms with Gasteiger partial charge in [-0.2, -0.15) is 5.26 Å². The van der Waals surface area contributed by atoms with Crippen molar-refractivity contribution in [3.8, 4) is 11.8 Å². The Morgan fingerprint density at radius 3 is 2.69 bits per heavy atom. The zero-order valence-electron chi connectivity index (χ0n) is 8.82. The first-order valence-electron chi connectivity index (χ1n) is 4.44. The Balaban J connectivity index is 3.47. The zero-order valence-corrected chi connectivity index (χ0v) is 9.58. The van der Waals surface area contributed by atoms with Gasteiger partial charge in [0.25, 0.3) is 0 Å². The number of hydrogen-bond donors (Lipinski definition) is 1. The van der Waals surface area contributed by atoms with E-state index in [2.05, 4.69) is 0 Å². The highest BCUT2D eigenvalue weighted by atomic mass is 35.5. The molecule has 16 heavy (non-hydrogen) atoms. The number of nitrogens with zero attached hydrogens (tertiary/aromatic N) is 1. The molecule has 0 aliphatic rings. The van der Waals surface area contributed by atoms with Crippen molar-refractivity contribution < 1.29 is 14.6 Å². The van der Waals surface area contributed by atoms with Gasteiger partial charge in [-0.1, -0.05) is 11.6 Å². The number of nitriles is 1. The van der Waals surface area contributed by atoms with Gasteiger partial charge in [0.05, 0.1) is 13.2 Å². The number of methoxy groups -OCH3 is 1. The molecule has 0 saturated heterocycles. The van der Waals surface area contributed by atoms with Gasteiger partial charge < -0.3 is 9.84 Å². The predicted molar refractivity (Wildman–Crippen MR) is 58.6 cm³/mol. The predicted octanol–water partition coefficient (Wildman–Crippen LogP) is 2.21. The number of carboxylic acid groups (broad SMARTS) is 1. The fraction of sp³-hybridized carbons (Fsp3) is 0.273. The number of benzene rings is 1. The highest BCUT2D eigenvalue weighted by molar-refractivity contribution is 6.30. The van der Waals surface area contributed by atoms with Crippen molar-refractivity contribution in [3.63, 3.8) is 0 Å². The number of rotatable bonds is 3. The summed E-state index contributed by atoms with van der Waals surface area (Å²) in [5, 5.41) is 18.4. The molecule has 84 valence electrons. The van der Waals surface area contributed by atoms with E-state index in [9.17, 15) is 4.79 Å². The van der Waals surface area contributed by atoms with E-state index in [0.29, 0.717) is 10.8 Å². The molecule has 0 bridgehead atoms. The SMILES string of the molecule is COc1ccc(Cl)cc1C(C)(C#N)C(=O)O. The van der Waals surface area contributed by atoms with E-state index < -0.39 is 11.4 Å². The van der Waals surface area contributed by atoms with Gasteiger partial charge in [0.1, 0.15) is 5.75 Å². The Bertz CT molecular complexity index is 467. The average molecular weight is 240 g/mol. The van der Waals surface area contributed by atoms with Crippen LogP contribution < -0.4 is 4.74 Å². The molecule has 0 spiro atoms. The summed E-state index contributed by atoms with van der Waals surface area (Å²) in [6.07, 6.45) is 0. The largest absolute Gasteiger partial charge is 0.496 e. The summed E-state index contributed by atoms with van der Waals surface area (Å²) in [5.41, 5.74) is -1.42. The smallest absolute Gasteiger partial charge is 0.328 e. The minimum Gasteiger partial charge on any atom is -0.496 e. The number of aliphatic carboxylic acids is 1. The molecule has 0 saturated carbocycles. The summed E-state index contributed by atoms with van der Waals surface area (Å²) in [7, 11) is 1.41. The lowest BCUT2D eigenvalue weighted by atomic mass is 9.83. The molecule has 1 aromatic rings. The van der Waals surface area contributed by atoms with E-state index in [1.54, 1.807) is 12.1 Å². The molecule has 1 aromatic carbocycles. The molecule has 0 aliphatic carbocycles. The van der Waals surface area contributed by atoms with E-state index in [-0.39, 0.29) is 5.56 Å². The maximum absolute atomic E-state index is 11.1. The van der Waals surface area contributed by atoms with Crippen LogP contribution in [0.2, 0.25) is 5.02 Å². The van der Waals surface area contributed by atoms with Crippen LogP contribution in [-0.4, -0.2) is 18.2 Å². The molecule has 0 aromatic heterocycles. The van der Waals surface area contributed by atoms with Crippen LogP contribution in [0.1, 0.15) is 12.5 Å². The van der Waals surface area contributed by atoms with E-state index in [4.69, 9.17) is 26.7 Å². The van der Waals surface area contributed by atoms with Gasteiger partial charge in [0.15, 0.2) is 5.41 Å². The van der Waals surface area contributed by atoms with Crippen LogP contribution in [0.15, 0.2) is 18.2 Å². The molecule has 0 amide bonds. The first kappa shape index (κ1) is 12.3. The lowest BCUT2D eigenvalue weighted by Crippen LogP contribution is -2.31. The zero-order chi connectivity index (χ0) is 12.3. The van der Waals surface area contributed by atoms with E-state index in [1.807, 2.05) is 0 Å². The van der Waals surface area contributed by atoms with Crippen molar-refractivity contribution in [1.82, 2.24) is 0 Å². The summed E-state index contributed by atoms with van der Waals surface area (Å²) in [6, 6.07) is 6.30. The normalized spacial score (nSPS) is 13.6. The van der Waals surface area contributed by atoms with Crippen LogP contribution in [0.4, 0.5) is 0 Å². The minimum atomic E-state index is -1.67. The lowest BCUT2D eigenvalue weighted by Gasteiger charge is -2.19. The molecule has 1 atom stereocenters.